The quantitative estimate of drug-likeness (QED) is 0.732. The average molecular weight is 316 g/mol. The van der Waals surface area contributed by atoms with Crippen molar-refractivity contribution in [2.75, 3.05) is 5.75 Å². The lowest BCUT2D eigenvalue weighted by molar-refractivity contribution is -0.185. The van der Waals surface area contributed by atoms with Crippen molar-refractivity contribution in [1.29, 1.82) is 0 Å². The topological polar surface area (TPSA) is 60.4 Å². The van der Waals surface area contributed by atoms with Gasteiger partial charge in [-0.25, -0.2) is 8.42 Å². The molecule has 3 rings (SSSR count). The van der Waals surface area contributed by atoms with E-state index in [9.17, 15) is 13.2 Å². The van der Waals surface area contributed by atoms with Gasteiger partial charge in [0.25, 0.3) is 0 Å². The highest BCUT2D eigenvalue weighted by molar-refractivity contribution is 7.92. The Balaban J connectivity index is 1.99. The molecule has 3 fully saturated rings. The molecule has 21 heavy (non-hydrogen) atoms. The molecule has 0 radical (unpaired) electrons. The van der Waals surface area contributed by atoms with Gasteiger partial charge in [-0.1, -0.05) is 27.7 Å². The smallest absolute Gasteiger partial charge is 0.324 e. The highest BCUT2D eigenvalue weighted by atomic mass is 32.2. The van der Waals surface area contributed by atoms with E-state index < -0.39 is 21.1 Å². The molecule has 0 amide bonds. The minimum absolute atomic E-state index is 0.0434. The second-order valence-corrected chi connectivity index (χ2v) is 9.88. The van der Waals surface area contributed by atoms with Gasteiger partial charge in [-0.05, 0) is 49.4 Å². The third kappa shape index (κ3) is 2.86. The third-order valence-electron chi connectivity index (χ3n) is 5.91. The summed E-state index contributed by atoms with van der Waals surface area (Å²) in [5.74, 6) is 0.965. The van der Waals surface area contributed by atoms with Crippen LogP contribution in [-0.2, 0) is 19.4 Å². The summed E-state index contributed by atoms with van der Waals surface area (Å²) >= 11 is 0. The number of fused-ring (bicyclic) bond motifs is 2. The lowest BCUT2D eigenvalue weighted by atomic mass is 9.45. The summed E-state index contributed by atoms with van der Waals surface area (Å²) in [5, 5.41) is -1.05. The lowest BCUT2D eigenvalue weighted by Gasteiger charge is -2.61. The van der Waals surface area contributed by atoms with Gasteiger partial charge in [0.05, 0.1) is 5.75 Å². The fraction of sp³-hybridized carbons (Fsp3) is 0.938. The van der Waals surface area contributed by atoms with Crippen molar-refractivity contribution in [3.63, 3.8) is 0 Å². The normalized spacial score (nSPS) is 35.7. The van der Waals surface area contributed by atoms with E-state index in [1.54, 1.807) is 6.92 Å². The van der Waals surface area contributed by atoms with Crippen LogP contribution < -0.4 is 0 Å². The van der Waals surface area contributed by atoms with Crippen molar-refractivity contribution in [3.8, 4) is 0 Å². The van der Waals surface area contributed by atoms with Crippen molar-refractivity contribution < 1.29 is 17.9 Å². The van der Waals surface area contributed by atoms with Gasteiger partial charge in [0, 0.05) is 0 Å². The first kappa shape index (κ1) is 16.8. The minimum Gasteiger partial charge on any atom is -0.461 e. The maximum absolute atomic E-state index is 12.2. The molecule has 0 unspecified atom stereocenters. The molecule has 0 saturated heterocycles. The first-order valence-corrected chi connectivity index (χ1v) is 9.74. The Hall–Kier alpha value is -0.580. The van der Waals surface area contributed by atoms with Crippen LogP contribution in [0.25, 0.3) is 0 Å². The molecule has 0 N–H and O–H groups in total. The molecule has 0 aromatic carbocycles. The molecular weight excluding hydrogens is 288 g/mol. The second-order valence-electron chi connectivity index (χ2n) is 7.44. The molecule has 2 bridgehead atoms. The number of sulfone groups is 1. The molecular formula is C16H28O4S. The molecule has 3 aliphatic rings. The summed E-state index contributed by atoms with van der Waals surface area (Å²) in [6, 6.07) is 0. The van der Waals surface area contributed by atoms with E-state index in [-0.39, 0.29) is 11.9 Å². The van der Waals surface area contributed by atoms with Crippen LogP contribution in [-0.4, -0.2) is 31.5 Å². The number of carbonyl (C=O) groups is 1. The van der Waals surface area contributed by atoms with Crippen LogP contribution in [0, 0.1) is 23.2 Å². The van der Waals surface area contributed by atoms with Gasteiger partial charge in [0.1, 0.15) is 6.10 Å². The van der Waals surface area contributed by atoms with E-state index >= 15 is 0 Å². The molecule has 0 aromatic rings. The van der Waals surface area contributed by atoms with Gasteiger partial charge >= 0.3 is 5.97 Å². The predicted octanol–water partition coefficient (Wildman–Crippen LogP) is 2.81. The fourth-order valence-electron chi connectivity index (χ4n) is 4.11. The summed E-state index contributed by atoms with van der Waals surface area (Å²) in [4.78, 5) is 12.2. The monoisotopic (exact) mass is 316 g/mol. The third-order valence-corrected chi connectivity index (χ3v) is 8.16. The summed E-state index contributed by atoms with van der Waals surface area (Å²) in [7, 11) is -3.38. The first-order valence-electron chi connectivity index (χ1n) is 8.03. The van der Waals surface area contributed by atoms with Crippen LogP contribution in [0.5, 0.6) is 0 Å². The standard InChI is InChI=1S/C16H28O4S/c1-6-7-21(18,19)11(3)15(17)20-14-9-12-8-13(10(14)2)16(12,4)5/h10-14H,6-9H2,1-5H3/t10-,11+,12+,13-,14+/m0/s1. The molecule has 3 saturated carbocycles. The van der Waals surface area contributed by atoms with E-state index in [0.717, 1.165) is 6.42 Å². The van der Waals surface area contributed by atoms with Crippen LogP contribution >= 0.6 is 0 Å². The number of esters is 1. The van der Waals surface area contributed by atoms with E-state index in [1.807, 2.05) is 0 Å². The highest BCUT2D eigenvalue weighted by Gasteiger charge is 2.57. The number of hydrogen-bond donors (Lipinski definition) is 0. The zero-order chi connectivity index (χ0) is 16.0. The molecule has 3 aliphatic carbocycles. The minimum atomic E-state index is -3.38. The highest BCUT2D eigenvalue weighted by Crippen LogP contribution is 2.61. The maximum Gasteiger partial charge on any atom is 0.324 e. The van der Waals surface area contributed by atoms with Crippen LogP contribution in [0.2, 0.25) is 0 Å². The van der Waals surface area contributed by atoms with Crippen molar-refractivity contribution in [2.45, 2.75) is 65.2 Å². The zero-order valence-electron chi connectivity index (χ0n) is 13.8. The van der Waals surface area contributed by atoms with E-state index in [1.165, 1.54) is 13.3 Å². The van der Waals surface area contributed by atoms with Crippen LogP contribution in [0.3, 0.4) is 0 Å². The summed E-state index contributed by atoms with van der Waals surface area (Å²) < 4.78 is 29.5. The van der Waals surface area contributed by atoms with E-state index in [0.29, 0.717) is 29.6 Å². The number of rotatable bonds is 5. The van der Waals surface area contributed by atoms with Crippen LogP contribution in [0.15, 0.2) is 0 Å². The van der Waals surface area contributed by atoms with Crippen molar-refractivity contribution >= 4 is 15.8 Å². The molecule has 5 heteroatoms. The average Bonchev–Trinajstić information content (AvgIpc) is 2.39. The predicted molar refractivity (Wildman–Crippen MR) is 82.6 cm³/mol. The van der Waals surface area contributed by atoms with E-state index in [4.69, 9.17) is 4.74 Å². The largest absolute Gasteiger partial charge is 0.461 e. The van der Waals surface area contributed by atoms with Gasteiger partial charge in [-0.2, -0.15) is 0 Å². The SMILES string of the molecule is CCCS(=O)(=O)[C@H](C)C(=O)O[C@@H]1C[C@H]2C[C@@H]([C@@H]1C)C2(C)C. The fourth-order valence-corrected chi connectivity index (χ4v) is 5.38. The van der Waals surface area contributed by atoms with Crippen LogP contribution in [0.4, 0.5) is 0 Å². The van der Waals surface area contributed by atoms with Crippen molar-refractivity contribution in [2.24, 2.45) is 23.2 Å². The Morgan fingerprint density at radius 1 is 1.33 bits per heavy atom. The first-order chi connectivity index (χ1) is 9.61. The van der Waals surface area contributed by atoms with Gasteiger partial charge in [-0.15, -0.1) is 0 Å². The van der Waals surface area contributed by atoms with Gasteiger partial charge in [0.2, 0.25) is 0 Å². The Morgan fingerprint density at radius 2 is 1.95 bits per heavy atom. The Kier molecular flexibility index (Phi) is 4.45. The molecule has 5 atom stereocenters. The molecule has 4 nitrogen and oxygen atoms in total. The molecule has 0 aliphatic heterocycles. The number of hydrogen-bond acceptors (Lipinski definition) is 4. The summed E-state index contributed by atoms with van der Waals surface area (Å²) in [6.07, 6.45) is 2.49. The molecule has 0 aromatic heterocycles. The zero-order valence-corrected chi connectivity index (χ0v) is 14.6. The van der Waals surface area contributed by atoms with E-state index in [2.05, 4.69) is 20.8 Å². The number of ether oxygens (including phenoxy) is 1. The molecule has 0 heterocycles. The summed E-state index contributed by atoms with van der Waals surface area (Å²) in [5.41, 5.74) is 0.336. The van der Waals surface area contributed by atoms with Gasteiger partial charge < -0.3 is 4.74 Å². The maximum atomic E-state index is 12.2. The second kappa shape index (κ2) is 5.56. The molecule has 0 spiro atoms. The Bertz CT molecular complexity index is 508. The molecule has 122 valence electrons. The van der Waals surface area contributed by atoms with Crippen LogP contribution in [0.1, 0.15) is 53.9 Å². The number of carbonyl (C=O) groups excluding carboxylic acids is 1. The Labute approximate surface area is 128 Å². The summed E-state index contributed by atoms with van der Waals surface area (Å²) in [6.45, 7) is 9.95. The van der Waals surface area contributed by atoms with Crippen molar-refractivity contribution in [3.05, 3.63) is 0 Å². The van der Waals surface area contributed by atoms with Gasteiger partial charge in [-0.3, -0.25) is 4.79 Å². The van der Waals surface area contributed by atoms with Gasteiger partial charge in [0.15, 0.2) is 15.1 Å². The van der Waals surface area contributed by atoms with Crippen molar-refractivity contribution in [1.82, 2.24) is 0 Å². The lowest BCUT2D eigenvalue weighted by Crippen LogP contribution is -2.57. The Morgan fingerprint density at radius 3 is 2.43 bits per heavy atom.